The number of aromatic hydroxyl groups is 1. The summed E-state index contributed by atoms with van der Waals surface area (Å²) in [5, 5.41) is 26.5. The van der Waals surface area contributed by atoms with E-state index in [0.29, 0.717) is 16.8 Å². The summed E-state index contributed by atoms with van der Waals surface area (Å²) in [6, 6.07) is 13.5. The highest BCUT2D eigenvalue weighted by Crippen LogP contribution is 2.34. The number of nitro groups is 1. The maximum atomic E-state index is 12.4. The normalized spacial score (nSPS) is 12.0. The quantitative estimate of drug-likeness (QED) is 0.448. The van der Waals surface area contributed by atoms with Crippen LogP contribution in [0.4, 0.5) is 0 Å². The number of nitrogens with zero attached hydrogens (tertiary/aromatic N) is 1. The van der Waals surface area contributed by atoms with Crippen molar-refractivity contribution >= 4 is 15.9 Å². The van der Waals surface area contributed by atoms with Gasteiger partial charge < -0.3 is 5.11 Å². The maximum Gasteiger partial charge on any atom is 0.268 e. The third-order valence-electron chi connectivity index (χ3n) is 3.94. The average Bonchev–Trinajstić information content (AvgIpc) is 2.95. The number of aromatic nitrogens is 2. The summed E-state index contributed by atoms with van der Waals surface area (Å²) in [6.07, 6.45) is 0. The number of rotatable bonds is 5. The Morgan fingerprint density at radius 3 is 2.44 bits per heavy atom. The minimum Gasteiger partial charge on any atom is -0.507 e. The van der Waals surface area contributed by atoms with Gasteiger partial charge in [0, 0.05) is 15.0 Å². The van der Waals surface area contributed by atoms with E-state index in [4.69, 9.17) is 0 Å². The van der Waals surface area contributed by atoms with Crippen LogP contribution in [0.2, 0.25) is 0 Å². The minimum absolute atomic E-state index is 0.0188. The standard InChI is InChI=1S/C17H14BrN3O4/c18-11-7-5-10(6-8-11)13(9-21(24)25)15-16(19-20-17(15)23)12-3-1-2-4-14(12)22/h1-8,13,22H,9H2,(H2,19,20,23)/t13-/m1/s1. The lowest BCUT2D eigenvalue weighted by atomic mass is 9.89. The molecule has 0 saturated heterocycles. The highest BCUT2D eigenvalue weighted by molar-refractivity contribution is 9.10. The Kier molecular flexibility index (Phi) is 4.71. The van der Waals surface area contributed by atoms with Crippen LogP contribution in [-0.2, 0) is 0 Å². The number of benzene rings is 2. The van der Waals surface area contributed by atoms with Crippen LogP contribution in [0.5, 0.6) is 5.75 Å². The Morgan fingerprint density at radius 2 is 1.80 bits per heavy atom. The van der Waals surface area contributed by atoms with Crippen molar-refractivity contribution in [2.24, 2.45) is 0 Å². The van der Waals surface area contributed by atoms with Crippen molar-refractivity contribution in [3.63, 3.8) is 0 Å². The molecule has 3 aromatic rings. The van der Waals surface area contributed by atoms with Crippen molar-refractivity contribution in [3.05, 3.63) is 84.6 Å². The van der Waals surface area contributed by atoms with Gasteiger partial charge in [-0.25, -0.2) is 0 Å². The van der Waals surface area contributed by atoms with Crippen LogP contribution >= 0.6 is 15.9 Å². The largest absolute Gasteiger partial charge is 0.507 e. The van der Waals surface area contributed by atoms with Gasteiger partial charge in [0.2, 0.25) is 6.54 Å². The first-order valence-corrected chi connectivity index (χ1v) is 8.23. The smallest absolute Gasteiger partial charge is 0.268 e. The number of nitrogens with one attached hydrogen (secondary N) is 2. The molecular weight excluding hydrogens is 390 g/mol. The summed E-state index contributed by atoms with van der Waals surface area (Å²) in [5.74, 6) is -0.776. The fourth-order valence-corrected chi connectivity index (χ4v) is 3.07. The van der Waals surface area contributed by atoms with Gasteiger partial charge in [0.05, 0.1) is 17.2 Å². The van der Waals surface area contributed by atoms with E-state index in [0.717, 1.165) is 4.47 Å². The van der Waals surface area contributed by atoms with Crippen molar-refractivity contribution < 1.29 is 10.0 Å². The van der Waals surface area contributed by atoms with Crippen molar-refractivity contribution in [2.75, 3.05) is 6.54 Å². The first-order chi connectivity index (χ1) is 12.0. The Labute approximate surface area is 150 Å². The molecule has 7 nitrogen and oxygen atoms in total. The Hall–Kier alpha value is -2.87. The summed E-state index contributed by atoms with van der Waals surface area (Å²) < 4.78 is 0.833. The maximum absolute atomic E-state index is 12.4. The van der Waals surface area contributed by atoms with E-state index in [-0.39, 0.29) is 11.3 Å². The zero-order valence-electron chi connectivity index (χ0n) is 12.9. The molecule has 3 rings (SSSR count). The molecule has 0 fully saturated rings. The van der Waals surface area contributed by atoms with E-state index in [1.807, 2.05) is 0 Å². The van der Waals surface area contributed by atoms with Gasteiger partial charge in [-0.1, -0.05) is 40.2 Å². The predicted octanol–water partition coefficient (Wildman–Crippen LogP) is 3.25. The van der Waals surface area contributed by atoms with Crippen molar-refractivity contribution in [3.8, 4) is 17.0 Å². The third kappa shape index (κ3) is 3.48. The zero-order chi connectivity index (χ0) is 18.0. The van der Waals surface area contributed by atoms with Crippen LogP contribution in [0.15, 0.2) is 57.8 Å². The van der Waals surface area contributed by atoms with Gasteiger partial charge in [-0.05, 0) is 29.8 Å². The van der Waals surface area contributed by atoms with E-state index in [1.165, 1.54) is 6.07 Å². The lowest BCUT2D eigenvalue weighted by molar-refractivity contribution is -0.481. The number of aromatic amines is 2. The highest BCUT2D eigenvalue weighted by atomic mass is 79.9. The monoisotopic (exact) mass is 403 g/mol. The highest BCUT2D eigenvalue weighted by Gasteiger charge is 2.28. The molecule has 128 valence electrons. The van der Waals surface area contributed by atoms with Crippen LogP contribution in [0.3, 0.4) is 0 Å². The second-order valence-corrected chi connectivity index (χ2v) is 6.42. The van der Waals surface area contributed by atoms with Gasteiger partial charge in [0.1, 0.15) is 5.75 Å². The van der Waals surface area contributed by atoms with E-state index < -0.39 is 22.9 Å². The molecule has 3 N–H and O–H groups in total. The number of halogens is 1. The van der Waals surface area contributed by atoms with E-state index >= 15 is 0 Å². The fourth-order valence-electron chi connectivity index (χ4n) is 2.80. The van der Waals surface area contributed by atoms with Crippen LogP contribution in [-0.4, -0.2) is 26.8 Å². The molecule has 1 aromatic heterocycles. The molecule has 25 heavy (non-hydrogen) atoms. The molecule has 0 amide bonds. The third-order valence-corrected chi connectivity index (χ3v) is 4.47. The predicted molar refractivity (Wildman–Crippen MR) is 96.4 cm³/mol. The number of hydrogen-bond acceptors (Lipinski definition) is 4. The molecule has 0 radical (unpaired) electrons. The number of hydrogen-bond donors (Lipinski definition) is 3. The Balaban J connectivity index is 2.18. The van der Waals surface area contributed by atoms with E-state index in [2.05, 4.69) is 26.1 Å². The topological polar surface area (TPSA) is 112 Å². The van der Waals surface area contributed by atoms with Crippen molar-refractivity contribution in [2.45, 2.75) is 5.92 Å². The van der Waals surface area contributed by atoms with Crippen molar-refractivity contribution in [1.82, 2.24) is 10.2 Å². The fraction of sp³-hybridized carbons (Fsp3) is 0.118. The Bertz CT molecular complexity index is 963. The van der Waals surface area contributed by atoms with E-state index in [9.17, 15) is 20.0 Å². The summed E-state index contributed by atoms with van der Waals surface area (Å²) in [4.78, 5) is 23.1. The molecule has 0 aliphatic carbocycles. The van der Waals surface area contributed by atoms with Crippen LogP contribution in [0, 0.1) is 10.1 Å². The average molecular weight is 404 g/mol. The van der Waals surface area contributed by atoms with Crippen molar-refractivity contribution in [1.29, 1.82) is 0 Å². The number of para-hydroxylation sites is 1. The molecule has 8 heteroatoms. The first-order valence-electron chi connectivity index (χ1n) is 7.43. The van der Waals surface area contributed by atoms with Gasteiger partial charge >= 0.3 is 0 Å². The molecule has 0 aliphatic heterocycles. The van der Waals surface area contributed by atoms with Gasteiger partial charge in [-0.2, -0.15) is 0 Å². The Morgan fingerprint density at radius 1 is 1.12 bits per heavy atom. The van der Waals surface area contributed by atoms with Gasteiger partial charge in [-0.3, -0.25) is 25.1 Å². The van der Waals surface area contributed by atoms with Crippen LogP contribution < -0.4 is 5.56 Å². The molecular formula is C17H14BrN3O4. The molecule has 1 heterocycles. The number of phenols is 1. The molecule has 0 unspecified atom stereocenters. The van der Waals surface area contributed by atoms with Crippen LogP contribution in [0.25, 0.3) is 11.3 Å². The second kappa shape index (κ2) is 6.94. The molecule has 2 aromatic carbocycles. The van der Waals surface area contributed by atoms with Crippen LogP contribution in [0.1, 0.15) is 17.0 Å². The van der Waals surface area contributed by atoms with Gasteiger partial charge in [0.25, 0.3) is 5.56 Å². The molecule has 0 bridgehead atoms. The lowest BCUT2D eigenvalue weighted by Gasteiger charge is -2.14. The molecule has 0 aliphatic rings. The molecule has 0 saturated carbocycles. The zero-order valence-corrected chi connectivity index (χ0v) is 14.5. The second-order valence-electron chi connectivity index (χ2n) is 5.50. The SMILES string of the molecule is O=c1[nH][nH]c(-c2ccccc2O)c1[C@H](C[N+](=O)[O-])c1ccc(Br)cc1. The summed E-state index contributed by atoms with van der Waals surface area (Å²) >= 11 is 3.33. The molecule has 0 spiro atoms. The van der Waals surface area contributed by atoms with Gasteiger partial charge in [-0.15, -0.1) is 0 Å². The van der Waals surface area contributed by atoms with E-state index in [1.54, 1.807) is 42.5 Å². The number of H-pyrrole nitrogens is 2. The number of phenolic OH excluding ortho intramolecular Hbond substituents is 1. The minimum atomic E-state index is -0.757. The molecule has 1 atom stereocenters. The summed E-state index contributed by atoms with van der Waals surface area (Å²) in [5.41, 5.74) is 1.16. The van der Waals surface area contributed by atoms with Gasteiger partial charge in [0.15, 0.2) is 0 Å². The summed E-state index contributed by atoms with van der Waals surface area (Å²) in [7, 11) is 0. The first kappa shape index (κ1) is 17.0. The summed E-state index contributed by atoms with van der Waals surface area (Å²) in [6.45, 7) is -0.441. The lowest BCUT2D eigenvalue weighted by Crippen LogP contribution is -2.20.